The van der Waals surface area contributed by atoms with Crippen LogP contribution in [0.2, 0.25) is 5.02 Å². The maximum absolute atomic E-state index is 13.2. The third-order valence-corrected chi connectivity index (χ3v) is 3.73. The number of hydrogen-bond donors (Lipinski definition) is 3. The van der Waals surface area contributed by atoms with Gasteiger partial charge in [0.05, 0.1) is 12.0 Å². The third kappa shape index (κ3) is 2.76. The quantitative estimate of drug-likeness (QED) is 0.774. The number of rotatable bonds is 2. The normalized spacial score (nSPS) is 28.7. The van der Waals surface area contributed by atoms with E-state index >= 15 is 0 Å². The summed E-state index contributed by atoms with van der Waals surface area (Å²) in [6, 6.07) is 3.02. The Labute approximate surface area is 128 Å². The predicted molar refractivity (Wildman–Crippen MR) is 71.0 cm³/mol. The lowest BCUT2D eigenvalue weighted by atomic mass is 9.79. The molecule has 0 saturated carbocycles. The predicted octanol–water partition coefficient (Wildman–Crippen LogP) is 2.15. The maximum atomic E-state index is 13.2. The van der Waals surface area contributed by atoms with Gasteiger partial charge in [0, 0.05) is 5.02 Å². The van der Waals surface area contributed by atoms with E-state index in [4.69, 9.17) is 11.6 Å². The molecule has 0 radical (unpaired) electrons. The van der Waals surface area contributed by atoms with E-state index in [1.807, 2.05) is 0 Å². The van der Waals surface area contributed by atoms with Gasteiger partial charge >= 0.3 is 12.2 Å². The molecule has 22 heavy (non-hydrogen) atoms. The van der Waals surface area contributed by atoms with Crippen molar-refractivity contribution in [2.24, 2.45) is 5.92 Å². The highest BCUT2D eigenvalue weighted by atomic mass is 35.5. The Morgan fingerprint density at radius 1 is 1.32 bits per heavy atom. The Balaban J connectivity index is 2.54. The van der Waals surface area contributed by atoms with Crippen LogP contribution in [-0.2, 0) is 4.79 Å². The van der Waals surface area contributed by atoms with Gasteiger partial charge in [-0.15, -0.1) is 0 Å². The highest BCUT2D eigenvalue weighted by Crippen LogP contribution is 2.42. The summed E-state index contributed by atoms with van der Waals surface area (Å²) < 4.78 is 39.6. The maximum Gasteiger partial charge on any atom is 0.437 e. The first kappa shape index (κ1) is 16.6. The number of halogens is 4. The second-order valence-electron chi connectivity index (χ2n) is 4.98. The van der Waals surface area contributed by atoms with Crippen molar-refractivity contribution in [3.8, 4) is 0 Å². The minimum atomic E-state index is -5.22. The number of urea groups is 1. The Morgan fingerprint density at radius 3 is 2.32 bits per heavy atom. The number of carbonyl (C=O) groups is 2. The Bertz CT molecular complexity index is 606. The number of ketones is 1. The second-order valence-corrected chi connectivity index (χ2v) is 5.42. The van der Waals surface area contributed by atoms with Crippen LogP contribution >= 0.6 is 11.6 Å². The summed E-state index contributed by atoms with van der Waals surface area (Å²) in [5.41, 5.74) is -3.42. The molecule has 1 heterocycles. The topological polar surface area (TPSA) is 78.4 Å². The molecule has 1 fully saturated rings. The molecule has 0 aliphatic carbocycles. The van der Waals surface area contributed by atoms with Crippen LogP contribution in [0, 0.1) is 5.92 Å². The zero-order valence-corrected chi connectivity index (χ0v) is 12.0. The highest BCUT2D eigenvalue weighted by Gasteiger charge is 2.65. The number of amides is 2. The molecular weight excluding hydrogens is 325 g/mol. The van der Waals surface area contributed by atoms with Crippen LogP contribution < -0.4 is 10.6 Å². The smallest absolute Gasteiger partial charge is 0.363 e. The zero-order valence-electron chi connectivity index (χ0n) is 11.2. The van der Waals surface area contributed by atoms with E-state index in [2.05, 4.69) is 5.32 Å². The largest absolute Gasteiger partial charge is 0.437 e. The van der Waals surface area contributed by atoms with E-state index in [0.717, 1.165) is 6.92 Å². The summed E-state index contributed by atoms with van der Waals surface area (Å²) >= 11 is 5.71. The number of hydrogen-bond acceptors (Lipinski definition) is 3. The summed E-state index contributed by atoms with van der Waals surface area (Å²) in [5, 5.41) is 13.9. The van der Waals surface area contributed by atoms with Crippen LogP contribution in [0.1, 0.15) is 18.5 Å². The first-order valence-corrected chi connectivity index (χ1v) is 6.58. The lowest BCUT2D eigenvalue weighted by molar-refractivity contribution is -0.290. The number of nitrogens with one attached hydrogen (secondary N) is 2. The minimum absolute atomic E-state index is 0.224. The molecule has 0 aromatic heterocycles. The van der Waals surface area contributed by atoms with Gasteiger partial charge in [0.25, 0.3) is 0 Å². The van der Waals surface area contributed by atoms with Gasteiger partial charge in [-0.1, -0.05) is 23.7 Å². The van der Waals surface area contributed by atoms with E-state index in [1.54, 1.807) is 0 Å². The van der Waals surface area contributed by atoms with Crippen LogP contribution in [0.5, 0.6) is 0 Å². The fraction of sp³-hybridized carbons (Fsp3) is 0.385. The van der Waals surface area contributed by atoms with Crippen molar-refractivity contribution < 1.29 is 27.9 Å². The van der Waals surface area contributed by atoms with Crippen LogP contribution in [0.15, 0.2) is 24.3 Å². The minimum Gasteiger partial charge on any atom is -0.363 e. The number of aliphatic hydroxyl groups is 1. The Kier molecular flexibility index (Phi) is 4.09. The average molecular weight is 337 g/mol. The fourth-order valence-corrected chi connectivity index (χ4v) is 2.60. The lowest BCUT2D eigenvalue weighted by Gasteiger charge is -2.44. The molecule has 2 rings (SSSR count). The molecule has 5 nitrogen and oxygen atoms in total. The van der Waals surface area contributed by atoms with E-state index in [0.29, 0.717) is 5.02 Å². The first-order valence-electron chi connectivity index (χ1n) is 6.20. The monoisotopic (exact) mass is 336 g/mol. The summed E-state index contributed by atoms with van der Waals surface area (Å²) in [6.45, 7) is 0.920. The lowest BCUT2D eigenvalue weighted by Crippen LogP contribution is -2.72. The molecule has 0 bridgehead atoms. The molecule has 3 atom stereocenters. The Morgan fingerprint density at radius 2 is 1.86 bits per heavy atom. The molecular formula is C13H12ClF3N2O3. The van der Waals surface area contributed by atoms with Gasteiger partial charge in [-0.3, -0.25) is 4.79 Å². The van der Waals surface area contributed by atoms with Crippen molar-refractivity contribution in [1.82, 2.24) is 10.6 Å². The van der Waals surface area contributed by atoms with Crippen LogP contribution in [-0.4, -0.2) is 28.8 Å². The van der Waals surface area contributed by atoms with Gasteiger partial charge in [0.2, 0.25) is 5.72 Å². The molecule has 9 heteroatoms. The molecule has 1 aromatic carbocycles. The van der Waals surface area contributed by atoms with E-state index < -0.39 is 35.7 Å². The van der Waals surface area contributed by atoms with Gasteiger partial charge in [0.1, 0.15) is 5.78 Å². The fourth-order valence-electron chi connectivity index (χ4n) is 2.47. The number of carbonyl (C=O) groups excluding carboxylic acids is 2. The SMILES string of the molecule is CC(=O)[C@H]1[C@@H](c2ccc(Cl)cc2)NC(=O)N[C@]1(O)C(F)(F)F. The molecule has 2 amide bonds. The van der Waals surface area contributed by atoms with Gasteiger partial charge in [-0.2, -0.15) is 13.2 Å². The van der Waals surface area contributed by atoms with Crippen molar-refractivity contribution >= 4 is 23.4 Å². The molecule has 1 saturated heterocycles. The zero-order chi connectivity index (χ0) is 16.7. The molecule has 120 valence electrons. The summed E-state index contributed by atoms with van der Waals surface area (Å²) in [4.78, 5) is 23.3. The second kappa shape index (κ2) is 5.44. The number of Topliss-reactive ketones (excluding diaryl/α,β-unsaturated/α-hetero) is 1. The number of alkyl halides is 3. The van der Waals surface area contributed by atoms with Crippen LogP contribution in [0.3, 0.4) is 0 Å². The summed E-state index contributed by atoms with van der Waals surface area (Å²) in [7, 11) is 0. The first-order chi connectivity index (χ1) is 10.1. The standard InChI is InChI=1S/C13H12ClF3N2O3/c1-6(20)9-10(7-2-4-8(14)5-3-7)18-11(21)19-12(9,22)13(15,16)17/h2-5,9-10,22H,1H3,(H2,18,19,21)/t9-,10+,12+/m0/s1. The van der Waals surface area contributed by atoms with Crippen molar-refractivity contribution in [2.45, 2.75) is 24.9 Å². The van der Waals surface area contributed by atoms with Gasteiger partial charge in [0.15, 0.2) is 0 Å². The molecule has 0 unspecified atom stereocenters. The number of benzene rings is 1. The van der Waals surface area contributed by atoms with Crippen molar-refractivity contribution in [3.63, 3.8) is 0 Å². The van der Waals surface area contributed by atoms with E-state index in [9.17, 15) is 27.9 Å². The summed E-state index contributed by atoms with van der Waals surface area (Å²) in [6.07, 6.45) is -5.22. The molecule has 1 aromatic rings. The van der Waals surface area contributed by atoms with E-state index in [-0.39, 0.29) is 5.56 Å². The van der Waals surface area contributed by atoms with E-state index in [1.165, 1.54) is 29.6 Å². The molecule has 1 aliphatic heterocycles. The van der Waals surface area contributed by atoms with Crippen molar-refractivity contribution in [2.75, 3.05) is 0 Å². The molecule has 1 aliphatic rings. The highest BCUT2D eigenvalue weighted by molar-refractivity contribution is 6.30. The van der Waals surface area contributed by atoms with Crippen molar-refractivity contribution in [1.29, 1.82) is 0 Å². The average Bonchev–Trinajstić information content (AvgIpc) is 2.36. The van der Waals surface area contributed by atoms with Crippen LogP contribution in [0.4, 0.5) is 18.0 Å². The van der Waals surface area contributed by atoms with Gasteiger partial charge in [-0.05, 0) is 24.6 Å². The Hall–Kier alpha value is -1.80. The van der Waals surface area contributed by atoms with Crippen molar-refractivity contribution in [3.05, 3.63) is 34.9 Å². The van der Waals surface area contributed by atoms with Gasteiger partial charge in [-0.25, -0.2) is 4.79 Å². The third-order valence-electron chi connectivity index (χ3n) is 3.47. The molecule has 3 N–H and O–H groups in total. The van der Waals surface area contributed by atoms with Crippen LogP contribution in [0.25, 0.3) is 0 Å². The van der Waals surface area contributed by atoms with Gasteiger partial charge < -0.3 is 15.7 Å². The summed E-state index contributed by atoms with van der Waals surface area (Å²) in [5.74, 6) is -2.86. The molecule has 0 spiro atoms.